The van der Waals surface area contributed by atoms with Crippen molar-refractivity contribution >= 4 is 11.8 Å². The Bertz CT molecular complexity index is 287. The topological polar surface area (TPSA) is 29.3 Å². The van der Waals surface area contributed by atoms with Gasteiger partial charge in [-0.25, -0.2) is 0 Å². The molecule has 2 nitrogen and oxygen atoms in total. The highest BCUT2D eigenvalue weighted by molar-refractivity contribution is 7.99. The predicted molar refractivity (Wildman–Crippen MR) is 67.1 cm³/mol. The van der Waals surface area contributed by atoms with Crippen LogP contribution in [0, 0.1) is 0 Å². The lowest BCUT2D eigenvalue weighted by Crippen LogP contribution is -2.39. The summed E-state index contributed by atoms with van der Waals surface area (Å²) in [6.45, 7) is 2.94. The predicted octanol–water partition coefficient (Wildman–Crippen LogP) is 1.74. The first-order chi connectivity index (χ1) is 7.42. The maximum atomic E-state index is 5.65. The van der Waals surface area contributed by atoms with Crippen molar-refractivity contribution in [2.45, 2.75) is 6.04 Å². The zero-order valence-corrected chi connectivity index (χ0v) is 9.75. The van der Waals surface area contributed by atoms with Crippen molar-refractivity contribution in [3.05, 3.63) is 35.9 Å². The Labute approximate surface area is 95.8 Å². The first-order valence-electron chi connectivity index (χ1n) is 5.48. The monoisotopic (exact) mass is 222 g/mol. The molecule has 2 N–H and O–H groups in total. The molecule has 0 radical (unpaired) electrons. The van der Waals surface area contributed by atoms with Crippen LogP contribution in [0.2, 0.25) is 0 Å². The van der Waals surface area contributed by atoms with Gasteiger partial charge in [0.15, 0.2) is 0 Å². The van der Waals surface area contributed by atoms with E-state index < -0.39 is 0 Å². The zero-order chi connectivity index (χ0) is 10.5. The summed E-state index contributed by atoms with van der Waals surface area (Å²) in [5, 5.41) is 0. The van der Waals surface area contributed by atoms with Crippen molar-refractivity contribution < 1.29 is 0 Å². The first kappa shape index (κ1) is 11.0. The molecule has 1 unspecified atom stereocenters. The Kier molecular flexibility index (Phi) is 4.06. The number of benzene rings is 1. The molecule has 0 bridgehead atoms. The molecule has 3 heteroatoms. The van der Waals surface area contributed by atoms with E-state index in [4.69, 9.17) is 5.73 Å². The van der Waals surface area contributed by atoms with Gasteiger partial charge < -0.3 is 5.73 Å². The van der Waals surface area contributed by atoms with E-state index in [9.17, 15) is 0 Å². The van der Waals surface area contributed by atoms with E-state index >= 15 is 0 Å². The summed E-state index contributed by atoms with van der Waals surface area (Å²) in [6.07, 6.45) is 0. The van der Waals surface area contributed by atoms with Crippen molar-refractivity contribution in [1.29, 1.82) is 0 Å². The molecule has 1 aromatic rings. The Morgan fingerprint density at radius 2 is 2.13 bits per heavy atom. The summed E-state index contributed by atoms with van der Waals surface area (Å²) < 4.78 is 0. The maximum Gasteiger partial charge on any atom is 0.0439 e. The van der Waals surface area contributed by atoms with E-state index in [0.717, 1.165) is 13.1 Å². The minimum Gasteiger partial charge on any atom is -0.329 e. The van der Waals surface area contributed by atoms with Crippen molar-refractivity contribution in [2.24, 2.45) is 5.73 Å². The molecule has 1 heterocycles. The van der Waals surface area contributed by atoms with E-state index in [1.165, 1.54) is 23.6 Å². The van der Waals surface area contributed by atoms with Crippen LogP contribution in [0.15, 0.2) is 30.3 Å². The van der Waals surface area contributed by atoms with Gasteiger partial charge in [0.25, 0.3) is 0 Å². The standard InChI is InChI=1S/C12H18N2S/c13-6-7-14-8-9-15-10-12(14)11-4-2-1-3-5-11/h1-5,12H,6-10,13H2. The molecule has 1 aliphatic rings. The van der Waals surface area contributed by atoms with Gasteiger partial charge >= 0.3 is 0 Å². The number of nitrogens with zero attached hydrogens (tertiary/aromatic N) is 1. The van der Waals surface area contributed by atoms with E-state index in [2.05, 4.69) is 35.2 Å². The fraction of sp³-hybridized carbons (Fsp3) is 0.500. The molecular weight excluding hydrogens is 204 g/mol. The molecule has 2 rings (SSSR count). The summed E-state index contributed by atoms with van der Waals surface area (Å²) in [4.78, 5) is 2.51. The van der Waals surface area contributed by atoms with Gasteiger partial charge in [0.1, 0.15) is 0 Å². The lowest BCUT2D eigenvalue weighted by molar-refractivity contribution is 0.227. The van der Waals surface area contributed by atoms with Gasteiger partial charge in [-0.05, 0) is 5.56 Å². The molecule has 0 amide bonds. The van der Waals surface area contributed by atoms with Crippen molar-refractivity contribution in [2.75, 3.05) is 31.1 Å². The van der Waals surface area contributed by atoms with Crippen LogP contribution in [0.1, 0.15) is 11.6 Å². The Morgan fingerprint density at radius 3 is 2.87 bits per heavy atom. The highest BCUT2D eigenvalue weighted by Gasteiger charge is 2.22. The first-order valence-corrected chi connectivity index (χ1v) is 6.64. The Morgan fingerprint density at radius 1 is 1.33 bits per heavy atom. The smallest absolute Gasteiger partial charge is 0.0439 e. The maximum absolute atomic E-state index is 5.65. The quantitative estimate of drug-likeness (QED) is 0.844. The molecule has 1 saturated heterocycles. The number of nitrogens with two attached hydrogens (primary N) is 1. The van der Waals surface area contributed by atoms with Gasteiger partial charge in [-0.3, -0.25) is 4.90 Å². The fourth-order valence-electron chi connectivity index (χ4n) is 2.05. The van der Waals surface area contributed by atoms with Crippen molar-refractivity contribution in [3.8, 4) is 0 Å². The molecule has 1 aromatic carbocycles. The van der Waals surface area contributed by atoms with Crippen LogP contribution in [0.25, 0.3) is 0 Å². The molecule has 1 atom stereocenters. The molecule has 82 valence electrons. The minimum absolute atomic E-state index is 0.563. The van der Waals surface area contributed by atoms with Crippen LogP contribution in [0.4, 0.5) is 0 Å². The highest BCUT2D eigenvalue weighted by atomic mass is 32.2. The average molecular weight is 222 g/mol. The average Bonchev–Trinajstić information content (AvgIpc) is 2.31. The van der Waals surface area contributed by atoms with Gasteiger partial charge in [0.2, 0.25) is 0 Å². The third kappa shape index (κ3) is 2.74. The van der Waals surface area contributed by atoms with Gasteiger partial charge in [-0.2, -0.15) is 11.8 Å². The SMILES string of the molecule is NCCN1CCSCC1c1ccccc1. The molecule has 0 saturated carbocycles. The molecule has 15 heavy (non-hydrogen) atoms. The van der Waals surface area contributed by atoms with Gasteiger partial charge in [0.05, 0.1) is 0 Å². The van der Waals surface area contributed by atoms with Crippen LogP contribution in [0.3, 0.4) is 0 Å². The Balaban J connectivity index is 2.11. The van der Waals surface area contributed by atoms with E-state index in [0.29, 0.717) is 6.04 Å². The number of thioether (sulfide) groups is 1. The lowest BCUT2D eigenvalue weighted by atomic mass is 10.1. The highest BCUT2D eigenvalue weighted by Crippen LogP contribution is 2.28. The van der Waals surface area contributed by atoms with Crippen molar-refractivity contribution in [3.63, 3.8) is 0 Å². The van der Waals surface area contributed by atoms with Crippen LogP contribution in [-0.4, -0.2) is 36.0 Å². The summed E-state index contributed by atoms with van der Waals surface area (Å²) >= 11 is 2.04. The molecule has 0 spiro atoms. The summed E-state index contributed by atoms with van der Waals surface area (Å²) in [6, 6.07) is 11.3. The van der Waals surface area contributed by atoms with Gasteiger partial charge in [-0.1, -0.05) is 30.3 Å². The zero-order valence-electron chi connectivity index (χ0n) is 8.93. The van der Waals surface area contributed by atoms with Crippen LogP contribution in [-0.2, 0) is 0 Å². The van der Waals surface area contributed by atoms with Crippen LogP contribution in [0.5, 0.6) is 0 Å². The molecule has 1 fully saturated rings. The van der Waals surface area contributed by atoms with Gasteiger partial charge in [-0.15, -0.1) is 0 Å². The van der Waals surface area contributed by atoms with Crippen LogP contribution >= 0.6 is 11.8 Å². The minimum atomic E-state index is 0.563. The third-order valence-electron chi connectivity index (χ3n) is 2.84. The molecule has 1 aliphatic heterocycles. The second kappa shape index (κ2) is 5.54. The second-order valence-corrected chi connectivity index (χ2v) is 4.98. The third-order valence-corrected chi connectivity index (χ3v) is 3.86. The van der Waals surface area contributed by atoms with E-state index in [1.54, 1.807) is 0 Å². The summed E-state index contributed by atoms with van der Waals surface area (Å²) in [5.41, 5.74) is 7.08. The normalized spacial score (nSPS) is 22.9. The van der Waals surface area contributed by atoms with Gasteiger partial charge in [0, 0.05) is 37.2 Å². The number of hydrogen-bond donors (Lipinski definition) is 1. The van der Waals surface area contributed by atoms with E-state index in [1.807, 2.05) is 11.8 Å². The summed E-state index contributed by atoms with van der Waals surface area (Å²) in [7, 11) is 0. The van der Waals surface area contributed by atoms with E-state index in [-0.39, 0.29) is 0 Å². The van der Waals surface area contributed by atoms with Crippen molar-refractivity contribution in [1.82, 2.24) is 4.90 Å². The summed E-state index contributed by atoms with van der Waals surface area (Å²) in [5.74, 6) is 2.44. The fourth-order valence-corrected chi connectivity index (χ4v) is 3.21. The number of rotatable bonds is 3. The van der Waals surface area contributed by atoms with Crippen LogP contribution < -0.4 is 5.73 Å². The molecule has 0 aromatic heterocycles. The Hall–Kier alpha value is -0.510. The largest absolute Gasteiger partial charge is 0.329 e. The molecular formula is C12H18N2S. The second-order valence-electron chi connectivity index (χ2n) is 3.83. The lowest BCUT2D eigenvalue weighted by Gasteiger charge is -2.35. The molecule has 0 aliphatic carbocycles. The number of hydrogen-bond acceptors (Lipinski definition) is 3.